The third-order valence-corrected chi connectivity index (χ3v) is 22.6. The molecule has 0 aliphatic heterocycles. The van der Waals surface area contributed by atoms with Crippen LogP contribution in [0.1, 0.15) is 127 Å². The Morgan fingerprint density at radius 2 is 0.693 bits per heavy atom. The summed E-state index contributed by atoms with van der Waals surface area (Å²) in [5.74, 6) is -9.71. The second-order valence-electron chi connectivity index (χ2n) is 27.9. The molecule has 5 rings (SSSR count). The lowest BCUT2D eigenvalue weighted by atomic mass is 9.98. The predicted molar refractivity (Wildman–Crippen MR) is 429 cm³/mol. The summed E-state index contributed by atoms with van der Waals surface area (Å²) >= 11 is 0. The van der Waals surface area contributed by atoms with Crippen LogP contribution in [0.4, 0.5) is 4.79 Å². The number of carboxylic acid groups (broad SMARTS) is 1. The maximum Gasteiger partial charge on any atom is 0.408 e. The van der Waals surface area contributed by atoms with Crippen molar-refractivity contribution >= 4 is 106 Å². The first-order valence-corrected chi connectivity index (χ1v) is 42.4. The normalized spacial score (nSPS) is 14.7. The highest BCUT2D eigenvalue weighted by Crippen LogP contribution is 2.18. The van der Waals surface area contributed by atoms with E-state index in [0.29, 0.717) is 5.56 Å². The van der Waals surface area contributed by atoms with Crippen LogP contribution in [-0.4, -0.2) is 178 Å². The second kappa shape index (κ2) is 43.9. The number of hydrogen-bond donors (Lipinski definition) is 15. The van der Waals surface area contributed by atoms with Gasteiger partial charge in [-0.25, -0.2) is 62.1 Å². The molecule has 1 unspecified atom stereocenters. The van der Waals surface area contributed by atoms with Gasteiger partial charge in [0.1, 0.15) is 41.9 Å². The van der Waals surface area contributed by atoms with Gasteiger partial charge in [0.25, 0.3) is 40.1 Å². The van der Waals surface area contributed by atoms with Gasteiger partial charge in [0.15, 0.2) is 0 Å². The molecule has 0 spiro atoms. The molecule has 19 N–H and O–H groups in total. The van der Waals surface area contributed by atoms with Crippen LogP contribution in [0.25, 0.3) is 0 Å². The van der Waals surface area contributed by atoms with Gasteiger partial charge in [0, 0.05) is 26.2 Å². The Hall–Kier alpha value is -11.0. The first-order valence-electron chi connectivity index (χ1n) is 36.4. The number of aliphatic carboxylic acids is 1. The van der Waals surface area contributed by atoms with Gasteiger partial charge in [-0.3, -0.25) is 43.9 Å². The second-order valence-corrected chi connectivity index (χ2v) is 34.6. The highest BCUT2D eigenvalue weighted by molar-refractivity contribution is 7.91. The summed E-state index contributed by atoms with van der Waals surface area (Å²) in [7, 11) is -17.0. The first-order chi connectivity index (χ1) is 53.5. The number of amides is 6. The number of carboxylic acids is 1. The van der Waals surface area contributed by atoms with Crippen molar-refractivity contribution in [2.75, 3.05) is 26.2 Å². The topological polar surface area (TPSA) is 569 Å². The average molecular weight is 1660 g/mol. The standard InChI is InChI=1S/C74H106N18O18S4/c1-11-50(6)61(68(98)99)87-66(96)60(24-18-44-82-72(78)92-114(107,108)56-39-31-49(5)32-40-56)85-64(94)58(22-16-42-80-70(76)90-112(103,104)54-35-27-47(3)28-36-54)83-63(93)57(21-15-41-79-69(75)89-111(101,102)53-33-25-46(2)26-34-53)84-65(95)59(23-17-43-81-71(77)91-113(105,106)55-37-29-48(4)30-38-55)86-67(97)62(88-73(100)110-74(8,9)10)51(7)109-45-52-19-13-12-14-20-52/h12-14,19-20,25-40,50-51,57-62H,11,15-18,21-24,41-45H2,1-10H3,(H,83,93)(H,84,95)(H,85,94)(H,86,97)(H,87,96)(H,88,100)(H,98,99)(H3,75,79,89)(H3,76,80,90)(H3,77,81,91)(H3,78,82,92)/t50?,51-,57+,58+,59+,60+,61+,62+/m1/s1. The number of nitrogens with one attached hydrogen (secondary N) is 10. The summed E-state index contributed by atoms with van der Waals surface area (Å²) < 4.78 is 127. The summed E-state index contributed by atoms with van der Waals surface area (Å²) in [6, 6.07) is 22.1. The third-order valence-electron chi connectivity index (χ3n) is 17.1. The van der Waals surface area contributed by atoms with Crippen LogP contribution in [-0.2, 0) is 84.9 Å². The molecule has 0 saturated heterocycles. The highest BCUT2D eigenvalue weighted by Gasteiger charge is 2.37. The molecule has 0 heterocycles. The number of ether oxygens (including phenoxy) is 2. The fraction of sp³-hybridized carbons (Fsp3) is 0.446. The number of benzene rings is 5. The Kier molecular flexibility index (Phi) is 36.1. The van der Waals surface area contributed by atoms with Gasteiger partial charge >= 0.3 is 12.1 Å². The fourth-order valence-corrected chi connectivity index (χ4v) is 14.4. The number of carbonyl (C=O) groups is 7. The minimum absolute atomic E-state index is 0.0638. The fourth-order valence-electron chi connectivity index (χ4n) is 10.6. The number of nitrogens with two attached hydrogens (primary N) is 4. The van der Waals surface area contributed by atoms with E-state index in [9.17, 15) is 58.0 Å². The van der Waals surface area contributed by atoms with Crippen LogP contribution >= 0.6 is 0 Å². The smallest absolute Gasteiger partial charge is 0.408 e. The lowest BCUT2D eigenvalue weighted by Crippen LogP contribution is -2.60. The number of guanidine groups is 4. The Balaban J connectivity index is 1.60. The van der Waals surface area contributed by atoms with Crippen LogP contribution < -0.4 is 73.7 Å². The van der Waals surface area contributed by atoms with E-state index in [0.717, 1.165) is 22.3 Å². The number of aryl methyl sites for hydroxylation is 4. The maximum absolute atomic E-state index is 15.4. The van der Waals surface area contributed by atoms with Gasteiger partial charge in [-0.15, -0.1) is 0 Å². The van der Waals surface area contributed by atoms with Gasteiger partial charge in [-0.1, -0.05) is 121 Å². The van der Waals surface area contributed by atoms with Crippen molar-refractivity contribution in [3.05, 3.63) is 155 Å². The lowest BCUT2D eigenvalue weighted by Gasteiger charge is -2.29. The summed E-state index contributed by atoms with van der Waals surface area (Å²) in [5.41, 5.74) is 27.0. The van der Waals surface area contributed by atoms with Crippen molar-refractivity contribution in [3.63, 3.8) is 0 Å². The monoisotopic (exact) mass is 1660 g/mol. The Labute approximate surface area is 665 Å². The number of carbonyl (C=O) groups excluding carboxylic acids is 6. The van der Waals surface area contributed by atoms with E-state index in [1.807, 2.05) is 0 Å². The summed E-state index contributed by atoms with van der Waals surface area (Å²) in [4.78, 5) is 117. The molecule has 0 saturated carbocycles. The Morgan fingerprint density at radius 1 is 0.412 bits per heavy atom. The van der Waals surface area contributed by atoms with Crippen molar-refractivity contribution in [2.45, 2.75) is 201 Å². The van der Waals surface area contributed by atoms with E-state index >= 15 is 14.4 Å². The Morgan fingerprint density at radius 3 is 0.965 bits per heavy atom. The van der Waals surface area contributed by atoms with Crippen LogP contribution in [0.5, 0.6) is 0 Å². The van der Waals surface area contributed by atoms with Gasteiger partial charge in [0.2, 0.25) is 53.4 Å². The zero-order valence-corrected chi connectivity index (χ0v) is 68.5. The Bertz CT molecular complexity index is 4690. The zero-order valence-electron chi connectivity index (χ0n) is 65.3. The number of sulfonamides is 4. The van der Waals surface area contributed by atoms with E-state index in [4.69, 9.17) is 32.4 Å². The summed E-state index contributed by atoms with van der Waals surface area (Å²) in [6.07, 6.45) is -4.19. The van der Waals surface area contributed by atoms with Crippen LogP contribution in [0, 0.1) is 33.6 Å². The molecule has 8 atom stereocenters. The van der Waals surface area contributed by atoms with Crippen molar-refractivity contribution in [2.24, 2.45) is 48.8 Å². The maximum atomic E-state index is 15.4. The molecule has 114 heavy (non-hydrogen) atoms. The minimum Gasteiger partial charge on any atom is -0.480 e. The summed E-state index contributed by atoms with van der Waals surface area (Å²) in [6.45, 7) is 15.2. The van der Waals surface area contributed by atoms with E-state index in [1.54, 1.807) is 141 Å². The molecule has 0 radical (unpaired) electrons. The molecular formula is C74H106N18O18S4. The predicted octanol–water partition coefficient (Wildman–Crippen LogP) is 2.57. The van der Waals surface area contributed by atoms with Crippen LogP contribution in [0.3, 0.4) is 0 Å². The van der Waals surface area contributed by atoms with Gasteiger partial charge < -0.3 is 69.4 Å². The van der Waals surface area contributed by atoms with E-state index < -0.39 is 172 Å². The average Bonchev–Trinajstić information content (AvgIpc) is 0.850. The molecule has 624 valence electrons. The zero-order chi connectivity index (χ0) is 84.7. The number of nitrogens with zero attached hydrogens (tertiary/aromatic N) is 4. The van der Waals surface area contributed by atoms with Gasteiger partial charge in [-0.05, 0) is 167 Å². The molecule has 0 aliphatic carbocycles. The summed E-state index contributed by atoms with van der Waals surface area (Å²) in [5, 5.41) is 25.8. The highest BCUT2D eigenvalue weighted by atomic mass is 32.2. The molecule has 5 aromatic carbocycles. The molecule has 36 nitrogen and oxygen atoms in total. The van der Waals surface area contributed by atoms with Crippen molar-refractivity contribution in [3.8, 4) is 0 Å². The van der Waals surface area contributed by atoms with Crippen molar-refractivity contribution < 1.29 is 81.8 Å². The van der Waals surface area contributed by atoms with Crippen LogP contribution in [0.15, 0.2) is 167 Å². The molecule has 0 fully saturated rings. The third kappa shape index (κ3) is 32.3. The van der Waals surface area contributed by atoms with E-state index in [2.05, 4.69) is 70.8 Å². The van der Waals surface area contributed by atoms with Crippen molar-refractivity contribution in [1.29, 1.82) is 0 Å². The van der Waals surface area contributed by atoms with E-state index in [-0.39, 0.29) is 97.3 Å². The molecule has 0 bridgehead atoms. The quantitative estimate of drug-likeness (QED) is 0.0152. The van der Waals surface area contributed by atoms with Crippen LogP contribution in [0.2, 0.25) is 0 Å². The molecule has 5 aromatic rings. The van der Waals surface area contributed by atoms with E-state index in [1.165, 1.54) is 55.5 Å². The number of aliphatic imine (C=N–C) groups is 4. The minimum atomic E-state index is -4.28. The molecular weight excluding hydrogens is 1560 g/mol. The molecule has 40 heteroatoms. The molecule has 0 aromatic heterocycles. The van der Waals surface area contributed by atoms with Crippen molar-refractivity contribution in [1.82, 2.24) is 50.8 Å². The van der Waals surface area contributed by atoms with Gasteiger partial charge in [-0.2, -0.15) is 0 Å². The number of alkyl carbamates (subject to hydrolysis) is 1. The lowest BCUT2D eigenvalue weighted by molar-refractivity contribution is -0.144. The van der Waals surface area contributed by atoms with Gasteiger partial charge in [0.05, 0.1) is 32.3 Å². The largest absolute Gasteiger partial charge is 0.480 e. The number of rotatable bonds is 42. The molecule has 6 amide bonds. The number of hydrogen-bond acceptors (Lipinski definition) is 21. The SMILES string of the molecule is CCC(C)[C@H](NC(=O)[C@H](CCCN=C(N)NS(=O)(=O)c1ccc(C)cc1)NC(=O)[C@H](CCCN=C(N)NS(=O)(=O)c1ccc(C)cc1)NC(=O)[C@H](CCCN=C(N)NS(=O)(=O)c1ccc(C)cc1)NC(=O)[C@H](CCCN=C(N)NS(=O)(=O)c1ccc(C)cc1)NC(=O)[C@@H](NC(=O)OC(C)(C)C)[C@@H](C)OCc1ccccc1)C(=O)O. The molecule has 0 aliphatic rings. The first kappa shape index (κ1) is 93.6.